The molecule has 0 fully saturated rings. The molecule has 0 saturated heterocycles. The molecule has 1 aromatic carbocycles. The lowest BCUT2D eigenvalue weighted by molar-refractivity contribution is -0.137. The minimum Gasteiger partial charge on any atom is -0.431 e. The van der Waals surface area contributed by atoms with Crippen molar-refractivity contribution in [3.63, 3.8) is 0 Å². The largest absolute Gasteiger partial charge is 0.431 e. The van der Waals surface area contributed by atoms with Crippen molar-refractivity contribution < 1.29 is 22.4 Å². The Morgan fingerprint density at radius 2 is 2.10 bits per heavy atom. The van der Waals surface area contributed by atoms with Crippen LogP contribution in [0.15, 0.2) is 28.9 Å². The van der Waals surface area contributed by atoms with Crippen LogP contribution in [-0.2, 0) is 6.18 Å². The molecule has 9 heteroatoms. The molecule has 3 N–H and O–H groups in total. The zero-order valence-electron chi connectivity index (χ0n) is 9.66. The molecule has 0 aliphatic carbocycles. The third kappa shape index (κ3) is 3.02. The monoisotopic (exact) mass is 305 g/mol. The number of amides is 1. The summed E-state index contributed by atoms with van der Waals surface area (Å²) in [4.78, 5) is 15.3. The highest BCUT2D eigenvalue weighted by Crippen LogP contribution is 2.33. The number of nitrogens with one attached hydrogen (secondary N) is 1. The molecule has 0 bridgehead atoms. The molecule has 1 amide bonds. The number of carbonyl (C=O) groups is 1. The van der Waals surface area contributed by atoms with E-state index in [1.54, 1.807) is 0 Å². The Hall–Kier alpha value is -2.22. The average Bonchev–Trinajstić information content (AvgIpc) is 2.77. The van der Waals surface area contributed by atoms with Gasteiger partial charge in [0.25, 0.3) is 11.9 Å². The summed E-state index contributed by atoms with van der Waals surface area (Å²) in [5, 5.41) is 2.16. The van der Waals surface area contributed by atoms with Crippen LogP contribution in [-0.4, -0.2) is 10.9 Å². The van der Waals surface area contributed by atoms with Gasteiger partial charge >= 0.3 is 6.18 Å². The Kier molecular flexibility index (Phi) is 3.58. The van der Waals surface area contributed by atoms with Crippen LogP contribution in [0.1, 0.15) is 16.1 Å². The molecule has 106 valence electrons. The molecule has 0 radical (unpaired) electrons. The van der Waals surface area contributed by atoms with Gasteiger partial charge in [-0.2, -0.15) is 18.2 Å². The smallest absolute Gasteiger partial charge is 0.416 e. The number of carbonyl (C=O) groups excluding carboxylic acids is 1. The molecule has 20 heavy (non-hydrogen) atoms. The van der Waals surface area contributed by atoms with Gasteiger partial charge in [0.1, 0.15) is 6.26 Å². The minimum absolute atomic E-state index is 0.0391. The van der Waals surface area contributed by atoms with Crippen LogP contribution >= 0.6 is 11.6 Å². The number of rotatable bonds is 2. The summed E-state index contributed by atoms with van der Waals surface area (Å²) in [5.74, 6) is -0.785. The van der Waals surface area contributed by atoms with Gasteiger partial charge in [-0.1, -0.05) is 11.6 Å². The number of aromatic nitrogens is 1. The van der Waals surface area contributed by atoms with Gasteiger partial charge < -0.3 is 15.5 Å². The number of nitrogen functional groups attached to an aromatic ring is 1. The predicted octanol–water partition coefficient (Wildman–Crippen LogP) is 3.18. The summed E-state index contributed by atoms with van der Waals surface area (Å²) in [7, 11) is 0. The number of anilines is 2. The minimum atomic E-state index is -4.54. The van der Waals surface area contributed by atoms with E-state index in [0.29, 0.717) is 0 Å². The van der Waals surface area contributed by atoms with E-state index < -0.39 is 17.6 Å². The topological polar surface area (TPSA) is 81.1 Å². The first-order valence-electron chi connectivity index (χ1n) is 5.16. The first-order valence-corrected chi connectivity index (χ1v) is 5.54. The number of nitrogens with zero attached hydrogens (tertiary/aromatic N) is 1. The lowest BCUT2D eigenvalue weighted by Crippen LogP contribution is -2.14. The molecular formula is C11H7ClF3N3O2. The molecule has 5 nitrogen and oxygen atoms in total. The lowest BCUT2D eigenvalue weighted by Gasteiger charge is -2.10. The van der Waals surface area contributed by atoms with E-state index in [1.807, 2.05) is 0 Å². The van der Waals surface area contributed by atoms with E-state index in [9.17, 15) is 18.0 Å². The molecule has 0 saturated carbocycles. The molecule has 1 heterocycles. The fraction of sp³-hybridized carbons (Fsp3) is 0.0909. The Morgan fingerprint density at radius 1 is 1.40 bits per heavy atom. The highest BCUT2D eigenvalue weighted by molar-refractivity contribution is 6.33. The second-order valence-electron chi connectivity index (χ2n) is 3.72. The first-order chi connectivity index (χ1) is 9.27. The second kappa shape index (κ2) is 5.04. The molecule has 1 aromatic heterocycles. The fourth-order valence-electron chi connectivity index (χ4n) is 1.38. The number of benzene rings is 1. The normalized spacial score (nSPS) is 11.4. The van der Waals surface area contributed by atoms with Crippen LogP contribution in [0.4, 0.5) is 24.9 Å². The maximum Gasteiger partial charge on any atom is 0.416 e. The highest BCUT2D eigenvalue weighted by atomic mass is 35.5. The maximum absolute atomic E-state index is 12.6. The Labute approximate surface area is 115 Å². The fourth-order valence-corrected chi connectivity index (χ4v) is 1.54. The van der Waals surface area contributed by atoms with Crippen LogP contribution in [0.25, 0.3) is 0 Å². The number of alkyl halides is 3. The SMILES string of the molecule is Nc1nc(C(=O)Nc2cc(C(F)(F)F)ccc2Cl)co1. The van der Waals surface area contributed by atoms with Crippen LogP contribution in [0.5, 0.6) is 0 Å². The molecule has 0 atom stereocenters. The van der Waals surface area contributed by atoms with Gasteiger partial charge in [-0.15, -0.1) is 0 Å². The molecule has 2 aromatic rings. The summed E-state index contributed by atoms with van der Waals surface area (Å²) in [6.45, 7) is 0. The molecular weight excluding hydrogens is 299 g/mol. The Bertz CT molecular complexity index is 655. The van der Waals surface area contributed by atoms with E-state index in [-0.39, 0.29) is 22.4 Å². The van der Waals surface area contributed by atoms with Gasteiger partial charge in [0.15, 0.2) is 5.69 Å². The zero-order chi connectivity index (χ0) is 14.9. The highest BCUT2D eigenvalue weighted by Gasteiger charge is 2.31. The van der Waals surface area contributed by atoms with Crippen molar-refractivity contribution in [2.45, 2.75) is 6.18 Å². The number of hydrogen-bond acceptors (Lipinski definition) is 4. The van der Waals surface area contributed by atoms with Crippen LogP contribution in [0, 0.1) is 0 Å². The van der Waals surface area contributed by atoms with E-state index in [2.05, 4.69) is 14.7 Å². The summed E-state index contributed by atoms with van der Waals surface area (Å²) in [5.41, 5.74) is 3.90. The van der Waals surface area contributed by atoms with Gasteiger partial charge in [0, 0.05) is 0 Å². The van der Waals surface area contributed by atoms with Gasteiger partial charge in [-0.3, -0.25) is 4.79 Å². The second-order valence-corrected chi connectivity index (χ2v) is 4.12. The average molecular weight is 306 g/mol. The van der Waals surface area contributed by atoms with Gasteiger partial charge in [0.2, 0.25) is 0 Å². The lowest BCUT2D eigenvalue weighted by atomic mass is 10.2. The number of halogens is 4. The maximum atomic E-state index is 12.6. The summed E-state index contributed by atoms with van der Waals surface area (Å²) < 4.78 is 42.3. The number of hydrogen-bond donors (Lipinski definition) is 2. The van der Waals surface area contributed by atoms with Gasteiger partial charge in [0.05, 0.1) is 16.3 Å². The Balaban J connectivity index is 2.27. The predicted molar refractivity (Wildman–Crippen MR) is 65.3 cm³/mol. The number of oxazole rings is 1. The summed E-state index contributed by atoms with van der Waals surface area (Å²) >= 11 is 5.73. The van der Waals surface area contributed by atoms with Crippen molar-refractivity contribution in [2.24, 2.45) is 0 Å². The van der Waals surface area contributed by atoms with Crippen molar-refractivity contribution in [2.75, 3.05) is 11.1 Å². The third-order valence-corrected chi connectivity index (χ3v) is 2.63. The van der Waals surface area contributed by atoms with E-state index in [1.165, 1.54) is 0 Å². The van der Waals surface area contributed by atoms with E-state index in [0.717, 1.165) is 24.5 Å². The standard InChI is InChI=1S/C11H7ClF3N3O2/c12-6-2-1-5(11(13,14)15)3-7(6)17-9(19)8-4-20-10(16)18-8/h1-4H,(H2,16,18)(H,17,19). The van der Waals surface area contributed by atoms with Gasteiger partial charge in [-0.25, -0.2) is 0 Å². The summed E-state index contributed by atoms with van der Waals surface area (Å²) in [6.07, 6.45) is -3.56. The van der Waals surface area contributed by atoms with E-state index >= 15 is 0 Å². The van der Waals surface area contributed by atoms with Crippen LogP contribution in [0.3, 0.4) is 0 Å². The van der Waals surface area contributed by atoms with Crippen LogP contribution < -0.4 is 11.1 Å². The van der Waals surface area contributed by atoms with E-state index in [4.69, 9.17) is 17.3 Å². The van der Waals surface area contributed by atoms with Crippen molar-refractivity contribution in [1.29, 1.82) is 0 Å². The van der Waals surface area contributed by atoms with Crippen LogP contribution in [0.2, 0.25) is 5.02 Å². The van der Waals surface area contributed by atoms with Crippen molar-refractivity contribution >= 4 is 29.2 Å². The Morgan fingerprint density at radius 3 is 2.65 bits per heavy atom. The molecule has 0 unspecified atom stereocenters. The molecule has 0 aliphatic heterocycles. The summed E-state index contributed by atoms with van der Waals surface area (Å²) in [6, 6.07) is 2.35. The zero-order valence-corrected chi connectivity index (χ0v) is 10.4. The van der Waals surface area contributed by atoms with Crippen molar-refractivity contribution in [3.05, 3.63) is 40.7 Å². The van der Waals surface area contributed by atoms with Crippen molar-refractivity contribution in [3.8, 4) is 0 Å². The number of nitrogens with two attached hydrogens (primary N) is 1. The first kappa shape index (κ1) is 14.2. The third-order valence-electron chi connectivity index (χ3n) is 2.30. The molecule has 0 aliphatic rings. The molecule has 2 rings (SSSR count). The van der Waals surface area contributed by atoms with Gasteiger partial charge in [-0.05, 0) is 18.2 Å². The molecule has 0 spiro atoms. The quantitative estimate of drug-likeness (QED) is 0.893. The van der Waals surface area contributed by atoms with Crippen molar-refractivity contribution in [1.82, 2.24) is 4.98 Å².